The molecule has 27 heavy (non-hydrogen) atoms. The molecule has 4 unspecified atom stereocenters. The molecule has 3 aromatic rings. The fourth-order valence-corrected chi connectivity index (χ4v) is 3.85. The van der Waals surface area contributed by atoms with Gasteiger partial charge < -0.3 is 14.2 Å². The molecule has 2 fully saturated rings. The third kappa shape index (κ3) is 3.22. The lowest BCUT2D eigenvalue weighted by atomic mass is 10.1. The summed E-state index contributed by atoms with van der Waals surface area (Å²) in [6, 6.07) is 3.63. The van der Waals surface area contributed by atoms with Crippen molar-refractivity contribution in [1.82, 2.24) is 40.1 Å². The largest absolute Gasteiger partial charge is 0.455 e. The quantitative estimate of drug-likeness (QED) is 0.558. The van der Waals surface area contributed by atoms with Gasteiger partial charge in [-0.15, -0.1) is 5.10 Å². The Morgan fingerprint density at radius 2 is 1.70 bits per heavy atom. The second kappa shape index (κ2) is 7.13. The van der Waals surface area contributed by atoms with E-state index in [2.05, 4.69) is 35.5 Å². The molecule has 0 N–H and O–H groups in total. The minimum absolute atomic E-state index is 0.165. The van der Waals surface area contributed by atoms with E-state index in [1.165, 1.54) is 11.8 Å². The molecule has 2 aliphatic heterocycles. The highest BCUT2D eigenvalue weighted by molar-refractivity contribution is 7.99. The van der Waals surface area contributed by atoms with E-state index in [9.17, 15) is 0 Å². The number of tetrazole rings is 1. The van der Waals surface area contributed by atoms with Gasteiger partial charge in [0.25, 0.3) is 0 Å². The first-order valence-corrected chi connectivity index (χ1v) is 9.10. The molecule has 0 spiro atoms. The Morgan fingerprint density at radius 1 is 0.963 bits per heavy atom. The molecule has 3 aromatic heterocycles. The SMILES string of the molecule is c1cnc(OC2COC3C2OCC3n2nnnc2Sc2ncccn2)nc1. The molecule has 0 bridgehead atoms. The molecule has 0 aromatic carbocycles. The summed E-state index contributed by atoms with van der Waals surface area (Å²) in [5.74, 6) is 0. The molecule has 0 aliphatic carbocycles. The van der Waals surface area contributed by atoms with Crippen LogP contribution in [0.1, 0.15) is 6.04 Å². The van der Waals surface area contributed by atoms with Crippen LogP contribution in [0.2, 0.25) is 0 Å². The van der Waals surface area contributed by atoms with E-state index in [4.69, 9.17) is 14.2 Å². The van der Waals surface area contributed by atoms with E-state index in [1.54, 1.807) is 41.6 Å². The van der Waals surface area contributed by atoms with Gasteiger partial charge in [-0.1, -0.05) is 0 Å². The number of hydrogen-bond acceptors (Lipinski definition) is 11. The summed E-state index contributed by atoms with van der Waals surface area (Å²) < 4.78 is 19.4. The van der Waals surface area contributed by atoms with E-state index >= 15 is 0 Å². The highest BCUT2D eigenvalue weighted by atomic mass is 32.2. The average Bonchev–Trinajstić information content (AvgIpc) is 3.41. The van der Waals surface area contributed by atoms with Gasteiger partial charge >= 0.3 is 6.01 Å². The van der Waals surface area contributed by atoms with Gasteiger partial charge in [-0.3, -0.25) is 0 Å². The van der Waals surface area contributed by atoms with Gasteiger partial charge in [0.1, 0.15) is 18.2 Å². The average molecular weight is 386 g/mol. The molecule has 5 rings (SSSR count). The van der Waals surface area contributed by atoms with Crippen LogP contribution in [0.15, 0.2) is 47.2 Å². The third-order valence-corrected chi connectivity index (χ3v) is 5.13. The zero-order chi connectivity index (χ0) is 18.1. The molecule has 0 saturated carbocycles. The summed E-state index contributed by atoms with van der Waals surface area (Å²) in [6.45, 7) is 0.801. The molecular weight excluding hydrogens is 372 g/mol. The lowest BCUT2D eigenvalue weighted by Gasteiger charge is -2.17. The van der Waals surface area contributed by atoms with Crippen LogP contribution in [-0.2, 0) is 9.47 Å². The van der Waals surface area contributed by atoms with Crippen LogP contribution in [0.3, 0.4) is 0 Å². The van der Waals surface area contributed by atoms with Crippen molar-refractivity contribution in [3.63, 3.8) is 0 Å². The summed E-state index contributed by atoms with van der Waals surface area (Å²) >= 11 is 1.29. The molecule has 4 atom stereocenters. The predicted molar refractivity (Wildman–Crippen MR) is 88.9 cm³/mol. The third-order valence-electron chi connectivity index (χ3n) is 4.28. The van der Waals surface area contributed by atoms with E-state index in [0.29, 0.717) is 29.5 Å². The fourth-order valence-electron chi connectivity index (χ4n) is 3.12. The monoisotopic (exact) mass is 386 g/mol. The zero-order valence-corrected chi connectivity index (χ0v) is 14.7. The first-order chi connectivity index (χ1) is 13.4. The second-order valence-electron chi connectivity index (χ2n) is 5.89. The second-order valence-corrected chi connectivity index (χ2v) is 6.82. The van der Waals surface area contributed by atoms with Crippen LogP contribution in [0.5, 0.6) is 6.01 Å². The normalized spacial score (nSPS) is 26.8. The van der Waals surface area contributed by atoms with E-state index in [1.807, 2.05) is 0 Å². The maximum absolute atomic E-state index is 5.94. The van der Waals surface area contributed by atoms with Crippen molar-refractivity contribution in [1.29, 1.82) is 0 Å². The van der Waals surface area contributed by atoms with Crippen LogP contribution < -0.4 is 4.74 Å². The number of ether oxygens (including phenoxy) is 3. The lowest BCUT2D eigenvalue weighted by molar-refractivity contribution is 0.0251. The zero-order valence-electron chi connectivity index (χ0n) is 13.9. The smallest absolute Gasteiger partial charge is 0.316 e. The first-order valence-electron chi connectivity index (χ1n) is 8.28. The number of fused-ring (bicyclic) bond motifs is 1. The summed E-state index contributed by atoms with van der Waals surface area (Å²) in [7, 11) is 0. The highest BCUT2D eigenvalue weighted by Gasteiger charge is 2.51. The Hall–Kier alpha value is -2.70. The van der Waals surface area contributed by atoms with E-state index < -0.39 is 0 Å². The molecule has 2 aliphatic rings. The maximum Gasteiger partial charge on any atom is 0.316 e. The van der Waals surface area contributed by atoms with Gasteiger partial charge in [0, 0.05) is 24.8 Å². The topological polar surface area (TPSA) is 123 Å². The van der Waals surface area contributed by atoms with E-state index in [0.717, 1.165) is 0 Å². The summed E-state index contributed by atoms with van der Waals surface area (Å²) in [6.07, 6.45) is 5.85. The van der Waals surface area contributed by atoms with Crippen molar-refractivity contribution < 1.29 is 14.2 Å². The molecule has 11 nitrogen and oxygen atoms in total. The van der Waals surface area contributed by atoms with Crippen LogP contribution in [-0.4, -0.2) is 71.7 Å². The summed E-state index contributed by atoms with van der Waals surface area (Å²) in [4.78, 5) is 16.6. The molecule has 0 amide bonds. The summed E-state index contributed by atoms with van der Waals surface area (Å²) in [5.41, 5.74) is 0. The van der Waals surface area contributed by atoms with Gasteiger partial charge in [0.15, 0.2) is 11.3 Å². The Bertz CT molecular complexity index is 898. The van der Waals surface area contributed by atoms with Crippen LogP contribution in [0, 0.1) is 0 Å². The van der Waals surface area contributed by atoms with E-state index in [-0.39, 0.29) is 24.4 Å². The van der Waals surface area contributed by atoms with Gasteiger partial charge in [-0.25, -0.2) is 24.6 Å². The molecule has 5 heterocycles. The number of hydrogen-bond donors (Lipinski definition) is 0. The molecule has 2 saturated heterocycles. The maximum atomic E-state index is 5.94. The van der Waals surface area contributed by atoms with Gasteiger partial charge in [0.2, 0.25) is 5.16 Å². The first kappa shape index (κ1) is 16.5. The van der Waals surface area contributed by atoms with Crippen molar-refractivity contribution in [2.24, 2.45) is 0 Å². The van der Waals surface area contributed by atoms with Crippen molar-refractivity contribution in [2.75, 3.05) is 13.2 Å². The number of aromatic nitrogens is 8. The molecule has 0 radical (unpaired) electrons. The Morgan fingerprint density at radius 3 is 2.52 bits per heavy atom. The molecule has 138 valence electrons. The molecular formula is C15H14N8O3S. The van der Waals surface area contributed by atoms with Gasteiger partial charge in [-0.2, -0.15) is 0 Å². The standard InChI is InChI=1S/C15H14N8O3S/c1-3-16-13(17-4-1)26-10-8-25-11-9(7-24-12(10)11)23-15(20-21-22-23)27-14-18-5-2-6-19-14/h1-6,9-12H,7-8H2. The minimum atomic E-state index is -0.285. The highest BCUT2D eigenvalue weighted by Crippen LogP contribution is 2.37. The predicted octanol–water partition coefficient (Wildman–Crippen LogP) is 0.191. The molecule has 12 heteroatoms. The van der Waals surface area contributed by atoms with Gasteiger partial charge in [0.05, 0.1) is 13.2 Å². The number of nitrogens with zero attached hydrogens (tertiary/aromatic N) is 8. The summed E-state index contributed by atoms with van der Waals surface area (Å²) in [5, 5.41) is 13.1. The van der Waals surface area contributed by atoms with Gasteiger partial charge in [-0.05, 0) is 34.3 Å². The van der Waals surface area contributed by atoms with Crippen LogP contribution >= 0.6 is 11.8 Å². The minimum Gasteiger partial charge on any atom is -0.455 e. The van der Waals surface area contributed by atoms with Crippen LogP contribution in [0.4, 0.5) is 0 Å². The Balaban J connectivity index is 1.32. The van der Waals surface area contributed by atoms with Crippen molar-refractivity contribution in [3.05, 3.63) is 36.9 Å². The number of rotatable bonds is 5. The lowest BCUT2D eigenvalue weighted by Crippen LogP contribution is -2.34. The Labute approximate surface area is 157 Å². The fraction of sp³-hybridized carbons (Fsp3) is 0.400. The Kier molecular flexibility index (Phi) is 4.35. The van der Waals surface area contributed by atoms with Crippen molar-refractivity contribution in [3.8, 4) is 6.01 Å². The van der Waals surface area contributed by atoms with Crippen molar-refractivity contribution >= 4 is 11.8 Å². The van der Waals surface area contributed by atoms with Crippen molar-refractivity contribution in [2.45, 2.75) is 34.7 Å². The van der Waals surface area contributed by atoms with Crippen LogP contribution in [0.25, 0.3) is 0 Å².